The highest BCUT2D eigenvalue weighted by molar-refractivity contribution is 14.1. The molecule has 4 nitrogen and oxygen atoms in total. The molecule has 1 saturated heterocycles. The van der Waals surface area contributed by atoms with Gasteiger partial charge in [-0.15, -0.1) is 0 Å². The molecule has 0 amide bonds. The van der Waals surface area contributed by atoms with Crippen LogP contribution in [-0.4, -0.2) is 43.1 Å². The Bertz CT molecular complexity index is 306. The normalized spacial score (nSPS) is 17.9. The van der Waals surface area contributed by atoms with Gasteiger partial charge in [-0.25, -0.2) is 4.98 Å². The van der Waals surface area contributed by atoms with Gasteiger partial charge in [0.05, 0.1) is 34.7 Å². The van der Waals surface area contributed by atoms with Gasteiger partial charge in [0.1, 0.15) is 5.82 Å². The maximum Gasteiger partial charge on any atom is 0.128 e. The summed E-state index contributed by atoms with van der Waals surface area (Å²) in [6, 6.07) is 4.14. The number of rotatable bonds is 2. The van der Waals surface area contributed by atoms with Gasteiger partial charge in [-0.1, -0.05) is 0 Å². The zero-order valence-corrected chi connectivity index (χ0v) is 10.9. The van der Waals surface area contributed by atoms with E-state index in [9.17, 15) is 0 Å². The van der Waals surface area contributed by atoms with E-state index in [1.54, 1.807) is 0 Å². The molecule has 0 radical (unpaired) electrons. The van der Waals surface area contributed by atoms with Gasteiger partial charge in [0, 0.05) is 26.2 Å². The highest BCUT2D eigenvalue weighted by Crippen LogP contribution is 2.16. The lowest BCUT2D eigenvalue weighted by molar-refractivity contribution is 0.312. The van der Waals surface area contributed by atoms with E-state index in [0.717, 1.165) is 37.7 Å². The smallest absolute Gasteiger partial charge is 0.128 e. The van der Waals surface area contributed by atoms with Gasteiger partial charge in [0.2, 0.25) is 0 Å². The molecule has 1 aliphatic heterocycles. The van der Waals surface area contributed by atoms with Crippen molar-refractivity contribution in [2.75, 3.05) is 41.7 Å². The number of nitrogens with zero attached hydrogens (tertiary/aromatic N) is 3. The number of piperazine rings is 1. The van der Waals surface area contributed by atoms with Gasteiger partial charge in [-0.3, -0.25) is 0 Å². The molecule has 0 atom stereocenters. The number of anilines is 2. The molecule has 1 N–H and O–H groups in total. The van der Waals surface area contributed by atoms with Crippen LogP contribution in [0.25, 0.3) is 0 Å². The molecule has 2 heterocycles. The average molecular weight is 318 g/mol. The second-order valence-corrected chi connectivity index (χ2v) is 4.33. The Morgan fingerprint density at radius 3 is 2.53 bits per heavy atom. The zero-order valence-electron chi connectivity index (χ0n) is 8.78. The maximum atomic E-state index is 4.44. The van der Waals surface area contributed by atoms with E-state index in [4.69, 9.17) is 0 Å². The van der Waals surface area contributed by atoms with Crippen LogP contribution in [0.5, 0.6) is 0 Å². The van der Waals surface area contributed by atoms with Crippen molar-refractivity contribution >= 4 is 34.4 Å². The Morgan fingerprint density at radius 1 is 1.27 bits per heavy atom. The van der Waals surface area contributed by atoms with Crippen molar-refractivity contribution in [3.05, 3.63) is 18.3 Å². The molecule has 0 aliphatic carbocycles. The Labute approximate surface area is 104 Å². The van der Waals surface area contributed by atoms with Crippen LogP contribution in [0.1, 0.15) is 0 Å². The monoisotopic (exact) mass is 318 g/mol. The predicted molar refractivity (Wildman–Crippen MR) is 71.6 cm³/mol. The van der Waals surface area contributed by atoms with Crippen LogP contribution in [0.4, 0.5) is 11.5 Å². The number of hydrogen-bond donors (Lipinski definition) is 1. The first-order valence-electron chi connectivity index (χ1n) is 5.06. The highest BCUT2D eigenvalue weighted by Gasteiger charge is 2.14. The second kappa shape index (κ2) is 4.98. The number of pyridine rings is 1. The zero-order chi connectivity index (χ0) is 10.7. The Balaban J connectivity index is 2.03. The van der Waals surface area contributed by atoms with E-state index in [1.807, 2.05) is 6.20 Å². The first kappa shape index (κ1) is 10.9. The van der Waals surface area contributed by atoms with E-state index < -0.39 is 0 Å². The minimum Gasteiger partial charge on any atom is -0.354 e. The first-order chi connectivity index (χ1) is 7.29. The van der Waals surface area contributed by atoms with Gasteiger partial charge < -0.3 is 13.3 Å². The minimum absolute atomic E-state index is 1.05. The molecular formula is C10H15IN4. The summed E-state index contributed by atoms with van der Waals surface area (Å²) in [4.78, 5) is 9.11. The molecular weight excluding hydrogens is 303 g/mol. The summed E-state index contributed by atoms with van der Waals surface area (Å²) in [5.41, 5.74) is 1.05. The van der Waals surface area contributed by atoms with Crippen molar-refractivity contribution in [3.63, 3.8) is 0 Å². The predicted octanol–water partition coefficient (Wildman–Crippen LogP) is 1.60. The first-order valence-corrected chi connectivity index (χ1v) is 6.13. The van der Waals surface area contributed by atoms with Crippen LogP contribution >= 0.6 is 22.9 Å². The lowest BCUT2D eigenvalue weighted by atomic mass is 10.3. The molecule has 0 aromatic carbocycles. The van der Waals surface area contributed by atoms with Crippen molar-refractivity contribution in [1.29, 1.82) is 0 Å². The van der Waals surface area contributed by atoms with E-state index in [1.165, 1.54) is 0 Å². The molecule has 1 aliphatic rings. The van der Waals surface area contributed by atoms with E-state index in [0.29, 0.717) is 0 Å². The minimum atomic E-state index is 1.05. The van der Waals surface area contributed by atoms with Crippen LogP contribution in [0.2, 0.25) is 0 Å². The van der Waals surface area contributed by atoms with Gasteiger partial charge in [0.25, 0.3) is 0 Å². The van der Waals surface area contributed by atoms with Gasteiger partial charge in [-0.2, -0.15) is 0 Å². The number of hydrogen-bond acceptors (Lipinski definition) is 4. The average Bonchev–Trinajstić information content (AvgIpc) is 2.30. The van der Waals surface area contributed by atoms with Crippen LogP contribution in [0.3, 0.4) is 0 Å². The fourth-order valence-corrected chi connectivity index (χ4v) is 1.98. The largest absolute Gasteiger partial charge is 0.354 e. The number of aromatic nitrogens is 1. The molecule has 1 fully saturated rings. The Kier molecular flexibility index (Phi) is 3.63. The van der Waals surface area contributed by atoms with Gasteiger partial charge >= 0.3 is 0 Å². The van der Waals surface area contributed by atoms with E-state index >= 15 is 0 Å². The van der Waals surface area contributed by atoms with Crippen LogP contribution < -0.4 is 8.43 Å². The number of likely N-dealkylation sites (N-methyl/N-ethyl adjacent to an activating group) is 1. The molecule has 0 saturated carbocycles. The second-order valence-electron chi connectivity index (χ2n) is 3.79. The molecule has 5 heteroatoms. The van der Waals surface area contributed by atoms with Crippen molar-refractivity contribution in [2.45, 2.75) is 0 Å². The molecule has 0 bridgehead atoms. The third-order valence-corrected chi connectivity index (χ3v) is 3.31. The fourth-order valence-electron chi connectivity index (χ4n) is 1.66. The molecule has 15 heavy (non-hydrogen) atoms. The third-order valence-electron chi connectivity index (χ3n) is 2.68. The summed E-state index contributed by atoms with van der Waals surface area (Å²) in [6.07, 6.45) is 1.88. The lowest BCUT2D eigenvalue weighted by Crippen LogP contribution is -2.44. The van der Waals surface area contributed by atoms with Crippen molar-refractivity contribution < 1.29 is 0 Å². The van der Waals surface area contributed by atoms with E-state index in [-0.39, 0.29) is 0 Å². The van der Waals surface area contributed by atoms with E-state index in [2.05, 4.69) is 60.4 Å². The Morgan fingerprint density at radius 2 is 2.00 bits per heavy atom. The molecule has 1 aromatic heterocycles. The van der Waals surface area contributed by atoms with Crippen molar-refractivity contribution in [1.82, 2.24) is 9.88 Å². The quantitative estimate of drug-likeness (QED) is 0.663. The number of halogens is 1. The molecule has 2 rings (SSSR count). The van der Waals surface area contributed by atoms with Crippen molar-refractivity contribution in [3.8, 4) is 0 Å². The summed E-state index contributed by atoms with van der Waals surface area (Å²) in [5.74, 6) is 1.08. The van der Waals surface area contributed by atoms with Crippen LogP contribution in [0.15, 0.2) is 18.3 Å². The summed E-state index contributed by atoms with van der Waals surface area (Å²) in [6.45, 7) is 4.38. The van der Waals surface area contributed by atoms with Crippen molar-refractivity contribution in [2.24, 2.45) is 0 Å². The highest BCUT2D eigenvalue weighted by atomic mass is 127. The van der Waals surface area contributed by atoms with Gasteiger partial charge in [0.15, 0.2) is 0 Å². The van der Waals surface area contributed by atoms with Gasteiger partial charge in [-0.05, 0) is 19.2 Å². The summed E-state index contributed by atoms with van der Waals surface area (Å²) < 4.78 is 3.04. The number of nitrogens with one attached hydrogen (secondary N) is 1. The lowest BCUT2D eigenvalue weighted by Gasteiger charge is -2.33. The SMILES string of the molecule is CN1CCN(c2ccc(NI)cn2)CC1. The van der Waals surface area contributed by atoms with Crippen LogP contribution in [0, 0.1) is 0 Å². The topological polar surface area (TPSA) is 31.4 Å². The molecule has 1 aromatic rings. The molecule has 0 spiro atoms. The summed E-state index contributed by atoms with van der Waals surface area (Å²) in [7, 11) is 2.16. The summed E-state index contributed by atoms with van der Waals surface area (Å²) in [5, 5.41) is 0. The standard InChI is InChI=1S/C10H15IN4/c1-14-4-6-15(7-5-14)10-3-2-9(13-11)8-12-10/h2-3,8,13H,4-7H2,1H3. The van der Waals surface area contributed by atoms with Crippen LogP contribution in [-0.2, 0) is 0 Å². The molecule has 82 valence electrons. The maximum absolute atomic E-state index is 4.44. The molecule has 0 unspecified atom stereocenters. The fraction of sp³-hybridized carbons (Fsp3) is 0.500. The third kappa shape index (κ3) is 2.72. The summed E-state index contributed by atoms with van der Waals surface area (Å²) >= 11 is 2.11. The Hall–Kier alpha value is -0.560.